The fraction of sp³-hybridized carbons (Fsp3) is 1.00. The van der Waals surface area contributed by atoms with Crippen molar-refractivity contribution in [3.05, 3.63) is 0 Å². The number of nitrogens with one attached hydrogen (secondary N) is 1. The highest BCUT2D eigenvalue weighted by molar-refractivity contribution is 4.94. The molecule has 0 bridgehead atoms. The molecule has 0 aromatic rings. The molecule has 0 heterocycles. The van der Waals surface area contributed by atoms with Crippen molar-refractivity contribution in [2.24, 2.45) is 0 Å². The molecule has 1 atom stereocenters. The van der Waals surface area contributed by atoms with E-state index in [1.165, 1.54) is 12.8 Å². The first-order chi connectivity index (χ1) is 6.47. The third-order valence-electron chi connectivity index (χ3n) is 2.96. The summed E-state index contributed by atoms with van der Waals surface area (Å²) in [7, 11) is 2.10. The molecular weight excluding hydrogens is 176 g/mol. The Balaban J connectivity index is 2.41. The van der Waals surface area contributed by atoms with E-state index >= 15 is 0 Å². The fourth-order valence-corrected chi connectivity index (χ4v) is 1.59. The second-order valence-corrected chi connectivity index (χ2v) is 5.15. The normalized spacial score (nSPS) is 21.6. The Morgan fingerprint density at radius 1 is 1.50 bits per heavy atom. The molecule has 0 aromatic heterocycles. The van der Waals surface area contributed by atoms with Gasteiger partial charge in [-0.25, -0.2) is 0 Å². The minimum absolute atomic E-state index is 0.139. The van der Waals surface area contributed by atoms with Crippen molar-refractivity contribution in [3.63, 3.8) is 0 Å². The van der Waals surface area contributed by atoms with E-state index in [1.807, 2.05) is 0 Å². The van der Waals surface area contributed by atoms with Crippen LogP contribution in [-0.2, 0) is 0 Å². The summed E-state index contributed by atoms with van der Waals surface area (Å²) in [4.78, 5) is 2.27. The minimum Gasteiger partial charge on any atom is -0.394 e. The van der Waals surface area contributed by atoms with Crippen molar-refractivity contribution in [3.8, 4) is 0 Å². The molecule has 0 spiro atoms. The summed E-state index contributed by atoms with van der Waals surface area (Å²) in [6, 6.07) is 1.18. The average Bonchev–Trinajstić information content (AvgIpc) is 2.88. The van der Waals surface area contributed by atoms with Crippen LogP contribution in [0, 0.1) is 0 Å². The molecule has 0 saturated heterocycles. The molecule has 1 aliphatic carbocycles. The Morgan fingerprint density at radius 3 is 2.43 bits per heavy atom. The maximum Gasteiger partial charge on any atom is 0.0623 e. The van der Waals surface area contributed by atoms with Crippen molar-refractivity contribution in [1.29, 1.82) is 0 Å². The van der Waals surface area contributed by atoms with Crippen LogP contribution in [0.25, 0.3) is 0 Å². The topological polar surface area (TPSA) is 35.5 Å². The molecule has 1 saturated carbocycles. The summed E-state index contributed by atoms with van der Waals surface area (Å²) in [6.45, 7) is 7.56. The number of aliphatic hydroxyl groups excluding tert-OH is 1. The zero-order chi connectivity index (χ0) is 10.8. The van der Waals surface area contributed by atoms with Gasteiger partial charge in [0.05, 0.1) is 12.1 Å². The summed E-state index contributed by atoms with van der Waals surface area (Å²) in [5, 5.41) is 12.9. The van der Waals surface area contributed by atoms with E-state index in [0.717, 1.165) is 6.54 Å². The molecule has 14 heavy (non-hydrogen) atoms. The first kappa shape index (κ1) is 12.0. The van der Waals surface area contributed by atoms with Crippen LogP contribution in [0.1, 0.15) is 33.6 Å². The van der Waals surface area contributed by atoms with Crippen LogP contribution < -0.4 is 5.32 Å². The Labute approximate surface area is 87.5 Å². The lowest BCUT2D eigenvalue weighted by Gasteiger charge is -2.35. The van der Waals surface area contributed by atoms with Crippen molar-refractivity contribution in [2.45, 2.75) is 51.2 Å². The lowest BCUT2D eigenvalue weighted by molar-refractivity contribution is 0.117. The van der Waals surface area contributed by atoms with Gasteiger partial charge in [0.1, 0.15) is 0 Å². The molecule has 1 rings (SSSR count). The van der Waals surface area contributed by atoms with E-state index in [0.29, 0.717) is 12.1 Å². The SMILES string of the molecule is CC(C)N(C)CC(C)(CO)NC1CC1. The second kappa shape index (κ2) is 4.60. The molecule has 0 radical (unpaired) electrons. The quantitative estimate of drug-likeness (QED) is 0.666. The van der Waals surface area contributed by atoms with Gasteiger partial charge in [-0.05, 0) is 40.7 Å². The number of hydrogen-bond acceptors (Lipinski definition) is 3. The minimum atomic E-state index is -0.139. The van der Waals surface area contributed by atoms with Crippen LogP contribution in [0.4, 0.5) is 0 Å². The van der Waals surface area contributed by atoms with Crippen LogP contribution in [-0.4, -0.2) is 47.8 Å². The third kappa shape index (κ3) is 3.56. The van der Waals surface area contributed by atoms with Crippen molar-refractivity contribution < 1.29 is 5.11 Å². The van der Waals surface area contributed by atoms with Gasteiger partial charge in [0, 0.05) is 18.6 Å². The summed E-state index contributed by atoms with van der Waals surface area (Å²) >= 11 is 0. The van der Waals surface area contributed by atoms with Crippen molar-refractivity contribution >= 4 is 0 Å². The van der Waals surface area contributed by atoms with Crippen LogP contribution >= 0.6 is 0 Å². The number of likely N-dealkylation sites (N-methyl/N-ethyl adjacent to an activating group) is 1. The fourth-order valence-electron chi connectivity index (χ4n) is 1.59. The van der Waals surface area contributed by atoms with Gasteiger partial charge in [0.25, 0.3) is 0 Å². The second-order valence-electron chi connectivity index (χ2n) is 5.15. The molecule has 3 nitrogen and oxygen atoms in total. The van der Waals surface area contributed by atoms with E-state index in [1.54, 1.807) is 0 Å². The number of rotatable bonds is 6. The van der Waals surface area contributed by atoms with Gasteiger partial charge in [0.15, 0.2) is 0 Å². The van der Waals surface area contributed by atoms with Gasteiger partial charge in [-0.2, -0.15) is 0 Å². The molecule has 1 aliphatic rings. The predicted octanol–water partition coefficient (Wildman–Crippen LogP) is 0.830. The largest absolute Gasteiger partial charge is 0.394 e. The molecule has 2 N–H and O–H groups in total. The zero-order valence-corrected chi connectivity index (χ0v) is 9.88. The van der Waals surface area contributed by atoms with Gasteiger partial charge < -0.3 is 15.3 Å². The van der Waals surface area contributed by atoms with Crippen molar-refractivity contribution in [1.82, 2.24) is 10.2 Å². The molecular formula is C11H24N2O. The molecule has 1 fully saturated rings. The van der Waals surface area contributed by atoms with E-state index in [2.05, 4.69) is 38.0 Å². The molecule has 3 heteroatoms. The highest BCUT2D eigenvalue weighted by Gasteiger charge is 2.33. The monoisotopic (exact) mass is 200 g/mol. The average molecular weight is 200 g/mol. The molecule has 0 amide bonds. The van der Waals surface area contributed by atoms with E-state index in [4.69, 9.17) is 0 Å². The van der Waals surface area contributed by atoms with E-state index in [9.17, 15) is 5.11 Å². The maximum absolute atomic E-state index is 9.40. The summed E-state index contributed by atoms with van der Waals surface area (Å²) in [5.41, 5.74) is -0.139. The lowest BCUT2D eigenvalue weighted by atomic mass is 10.0. The summed E-state index contributed by atoms with van der Waals surface area (Å²) in [5.74, 6) is 0. The number of nitrogens with zero attached hydrogens (tertiary/aromatic N) is 1. The van der Waals surface area contributed by atoms with Gasteiger partial charge in [-0.1, -0.05) is 0 Å². The number of aliphatic hydroxyl groups is 1. The maximum atomic E-state index is 9.40. The Morgan fingerprint density at radius 2 is 2.07 bits per heavy atom. The van der Waals surface area contributed by atoms with Crippen molar-refractivity contribution in [2.75, 3.05) is 20.2 Å². The standard InChI is InChI=1S/C11H24N2O/c1-9(2)13(4)7-11(3,8-14)12-10-5-6-10/h9-10,12,14H,5-8H2,1-4H3. The first-order valence-corrected chi connectivity index (χ1v) is 5.55. The van der Waals surface area contributed by atoms with Gasteiger partial charge in [-0.15, -0.1) is 0 Å². The number of hydrogen-bond donors (Lipinski definition) is 2. The van der Waals surface area contributed by atoms with Gasteiger partial charge in [-0.3, -0.25) is 0 Å². The smallest absolute Gasteiger partial charge is 0.0623 e. The third-order valence-corrected chi connectivity index (χ3v) is 2.96. The Bertz CT molecular complexity index is 180. The molecule has 84 valence electrons. The Kier molecular flexibility index (Phi) is 3.93. The predicted molar refractivity (Wildman–Crippen MR) is 59.4 cm³/mol. The van der Waals surface area contributed by atoms with Gasteiger partial charge in [0.2, 0.25) is 0 Å². The first-order valence-electron chi connectivity index (χ1n) is 5.55. The molecule has 0 aliphatic heterocycles. The van der Waals surface area contributed by atoms with Gasteiger partial charge >= 0.3 is 0 Å². The molecule has 0 aromatic carbocycles. The van der Waals surface area contributed by atoms with Crippen LogP contribution in [0.3, 0.4) is 0 Å². The van der Waals surface area contributed by atoms with E-state index in [-0.39, 0.29) is 12.1 Å². The highest BCUT2D eigenvalue weighted by Crippen LogP contribution is 2.22. The van der Waals surface area contributed by atoms with Crippen LogP contribution in [0.5, 0.6) is 0 Å². The van der Waals surface area contributed by atoms with Crippen LogP contribution in [0.15, 0.2) is 0 Å². The Hall–Kier alpha value is -0.120. The van der Waals surface area contributed by atoms with E-state index < -0.39 is 0 Å². The highest BCUT2D eigenvalue weighted by atomic mass is 16.3. The molecule has 1 unspecified atom stereocenters. The zero-order valence-electron chi connectivity index (χ0n) is 9.88. The summed E-state index contributed by atoms with van der Waals surface area (Å²) in [6.07, 6.45) is 2.53. The van der Waals surface area contributed by atoms with Crippen LogP contribution in [0.2, 0.25) is 0 Å². The lowest BCUT2D eigenvalue weighted by Crippen LogP contribution is -2.55. The summed E-state index contributed by atoms with van der Waals surface area (Å²) < 4.78 is 0.